The maximum absolute atomic E-state index is 2.52. The summed E-state index contributed by atoms with van der Waals surface area (Å²) >= 11 is 0. The van der Waals surface area contributed by atoms with Gasteiger partial charge in [0, 0.05) is 8.07 Å². The van der Waals surface area contributed by atoms with Crippen LogP contribution in [-0.2, 0) is 0 Å². The molecule has 1 atom stereocenters. The molecule has 1 saturated carbocycles. The third kappa shape index (κ3) is 6.65. The highest BCUT2D eigenvalue weighted by molar-refractivity contribution is 6.76. The van der Waals surface area contributed by atoms with Gasteiger partial charge < -0.3 is 0 Å². The summed E-state index contributed by atoms with van der Waals surface area (Å²) in [6.07, 6.45) is 13.6. The number of hydrogen-bond acceptors (Lipinski definition) is 0. The van der Waals surface area contributed by atoms with Gasteiger partial charge in [-0.15, -0.1) is 0 Å². The maximum atomic E-state index is 2.52. The molecule has 2 rings (SSSR count). The SMILES string of the molecule is C[Si](C)(C)CC(/C=C/c1ccccc1)CC1CCCCC1. The van der Waals surface area contributed by atoms with Crippen LogP contribution in [0.15, 0.2) is 36.4 Å². The fraction of sp³-hybridized carbons (Fsp3) is 0.600. The van der Waals surface area contributed by atoms with Crippen LogP contribution in [0.5, 0.6) is 0 Å². The van der Waals surface area contributed by atoms with Crippen LogP contribution in [-0.4, -0.2) is 8.07 Å². The van der Waals surface area contributed by atoms with Gasteiger partial charge in [0.2, 0.25) is 0 Å². The van der Waals surface area contributed by atoms with Crippen molar-refractivity contribution in [2.45, 2.75) is 64.2 Å². The summed E-state index contributed by atoms with van der Waals surface area (Å²) in [7, 11) is -0.994. The molecule has 0 saturated heterocycles. The highest BCUT2D eigenvalue weighted by atomic mass is 28.3. The average molecular weight is 301 g/mol. The lowest BCUT2D eigenvalue weighted by atomic mass is 9.83. The van der Waals surface area contributed by atoms with Crippen LogP contribution in [0.4, 0.5) is 0 Å². The molecule has 0 aromatic heterocycles. The standard InChI is InChI=1S/C20H32Si/c1-21(2,3)17-20(16-19-12-8-5-9-13-19)15-14-18-10-6-4-7-11-18/h4,6-7,10-11,14-15,19-20H,5,8-9,12-13,16-17H2,1-3H3/b15-14+. The molecule has 1 heteroatoms. The van der Waals surface area contributed by atoms with E-state index in [1.54, 1.807) is 0 Å². The quantitative estimate of drug-likeness (QED) is 0.517. The summed E-state index contributed by atoms with van der Waals surface area (Å²) < 4.78 is 0. The molecule has 0 amide bonds. The van der Waals surface area contributed by atoms with Crippen molar-refractivity contribution in [3.8, 4) is 0 Å². The first-order valence-electron chi connectivity index (χ1n) is 8.76. The second-order valence-corrected chi connectivity index (χ2v) is 13.6. The Morgan fingerprint density at radius 2 is 1.71 bits per heavy atom. The van der Waals surface area contributed by atoms with Gasteiger partial charge in [-0.2, -0.15) is 0 Å². The molecule has 0 aliphatic heterocycles. The van der Waals surface area contributed by atoms with E-state index in [0.717, 1.165) is 11.8 Å². The Kier molecular flexibility index (Phi) is 6.29. The molecular weight excluding hydrogens is 268 g/mol. The Bertz CT molecular complexity index is 421. The van der Waals surface area contributed by atoms with E-state index >= 15 is 0 Å². The summed E-state index contributed by atoms with van der Waals surface area (Å²) in [4.78, 5) is 0. The predicted octanol–water partition coefficient (Wildman–Crippen LogP) is 6.62. The van der Waals surface area contributed by atoms with Crippen LogP contribution in [0.2, 0.25) is 25.7 Å². The van der Waals surface area contributed by atoms with Crippen molar-refractivity contribution in [1.29, 1.82) is 0 Å². The van der Waals surface area contributed by atoms with Crippen molar-refractivity contribution in [3.05, 3.63) is 42.0 Å². The van der Waals surface area contributed by atoms with E-state index in [1.807, 2.05) is 0 Å². The molecule has 0 spiro atoms. The van der Waals surface area contributed by atoms with Gasteiger partial charge in [0.15, 0.2) is 0 Å². The molecule has 1 unspecified atom stereocenters. The summed E-state index contributed by atoms with van der Waals surface area (Å²) in [6.45, 7) is 7.53. The smallest absolute Gasteiger partial charge is 0.0448 e. The van der Waals surface area contributed by atoms with Gasteiger partial charge in [-0.1, -0.05) is 100 Å². The van der Waals surface area contributed by atoms with Gasteiger partial charge in [-0.05, 0) is 23.8 Å². The summed E-state index contributed by atoms with van der Waals surface area (Å²) in [5, 5.41) is 0. The second kappa shape index (κ2) is 7.98. The zero-order valence-electron chi connectivity index (χ0n) is 14.1. The van der Waals surface area contributed by atoms with Crippen molar-refractivity contribution in [2.75, 3.05) is 0 Å². The van der Waals surface area contributed by atoms with E-state index in [0.29, 0.717) is 0 Å². The van der Waals surface area contributed by atoms with Gasteiger partial charge in [-0.3, -0.25) is 0 Å². The monoisotopic (exact) mass is 300 g/mol. The number of hydrogen-bond donors (Lipinski definition) is 0. The summed E-state index contributed by atoms with van der Waals surface area (Å²) in [6, 6.07) is 12.2. The van der Waals surface area contributed by atoms with E-state index in [2.05, 4.69) is 62.1 Å². The summed E-state index contributed by atoms with van der Waals surface area (Å²) in [5.41, 5.74) is 1.35. The van der Waals surface area contributed by atoms with E-state index in [1.165, 1.54) is 50.1 Å². The fourth-order valence-electron chi connectivity index (χ4n) is 3.68. The lowest BCUT2D eigenvalue weighted by Gasteiger charge is -2.28. The predicted molar refractivity (Wildman–Crippen MR) is 98.3 cm³/mol. The van der Waals surface area contributed by atoms with E-state index in [9.17, 15) is 0 Å². The highest BCUT2D eigenvalue weighted by Gasteiger charge is 2.22. The Hall–Kier alpha value is -0.823. The molecular formula is C20H32Si. The van der Waals surface area contributed by atoms with Gasteiger partial charge in [0.05, 0.1) is 0 Å². The maximum Gasteiger partial charge on any atom is 0.0448 e. The third-order valence-corrected chi connectivity index (χ3v) is 6.34. The van der Waals surface area contributed by atoms with Crippen molar-refractivity contribution in [3.63, 3.8) is 0 Å². The lowest BCUT2D eigenvalue weighted by molar-refractivity contribution is 0.315. The average Bonchev–Trinajstić information content (AvgIpc) is 2.45. The minimum Gasteiger partial charge on any atom is -0.0811 e. The van der Waals surface area contributed by atoms with Crippen LogP contribution in [0.1, 0.15) is 44.1 Å². The molecule has 0 N–H and O–H groups in total. The molecule has 0 heterocycles. The number of allylic oxidation sites excluding steroid dienone is 1. The first kappa shape index (κ1) is 16.5. The molecule has 116 valence electrons. The molecule has 1 aliphatic rings. The van der Waals surface area contributed by atoms with Crippen molar-refractivity contribution >= 4 is 14.1 Å². The van der Waals surface area contributed by atoms with Crippen LogP contribution < -0.4 is 0 Å². The second-order valence-electron chi connectivity index (χ2n) is 8.03. The molecule has 0 nitrogen and oxygen atoms in total. The molecule has 1 aromatic carbocycles. The van der Waals surface area contributed by atoms with Crippen LogP contribution >= 0.6 is 0 Å². The largest absolute Gasteiger partial charge is 0.0811 e. The zero-order chi connectivity index (χ0) is 15.1. The number of benzene rings is 1. The van der Waals surface area contributed by atoms with Crippen molar-refractivity contribution < 1.29 is 0 Å². The van der Waals surface area contributed by atoms with Crippen molar-refractivity contribution in [2.24, 2.45) is 11.8 Å². The first-order chi connectivity index (χ1) is 10.0. The first-order valence-corrected chi connectivity index (χ1v) is 12.5. The topological polar surface area (TPSA) is 0 Å². The van der Waals surface area contributed by atoms with Gasteiger partial charge in [0.1, 0.15) is 0 Å². The Morgan fingerprint density at radius 1 is 1.05 bits per heavy atom. The van der Waals surface area contributed by atoms with Gasteiger partial charge in [0.25, 0.3) is 0 Å². The van der Waals surface area contributed by atoms with Crippen LogP contribution in [0.3, 0.4) is 0 Å². The van der Waals surface area contributed by atoms with E-state index < -0.39 is 8.07 Å². The zero-order valence-corrected chi connectivity index (χ0v) is 15.1. The minimum absolute atomic E-state index is 0.792. The van der Waals surface area contributed by atoms with E-state index in [-0.39, 0.29) is 0 Å². The van der Waals surface area contributed by atoms with Gasteiger partial charge >= 0.3 is 0 Å². The molecule has 0 bridgehead atoms. The third-order valence-electron chi connectivity index (χ3n) is 4.60. The van der Waals surface area contributed by atoms with Crippen LogP contribution in [0.25, 0.3) is 6.08 Å². The Balaban J connectivity index is 1.99. The molecule has 0 radical (unpaired) electrons. The molecule has 1 aliphatic carbocycles. The Labute approximate surface area is 132 Å². The molecule has 1 aromatic rings. The van der Waals surface area contributed by atoms with Crippen LogP contribution in [0, 0.1) is 11.8 Å². The fourth-order valence-corrected chi connectivity index (χ4v) is 5.55. The summed E-state index contributed by atoms with van der Waals surface area (Å²) in [5.74, 6) is 1.78. The lowest BCUT2D eigenvalue weighted by Crippen LogP contribution is -2.24. The van der Waals surface area contributed by atoms with Gasteiger partial charge in [-0.25, -0.2) is 0 Å². The Morgan fingerprint density at radius 3 is 2.33 bits per heavy atom. The molecule has 1 fully saturated rings. The number of rotatable bonds is 6. The van der Waals surface area contributed by atoms with Crippen molar-refractivity contribution in [1.82, 2.24) is 0 Å². The minimum atomic E-state index is -0.994. The highest BCUT2D eigenvalue weighted by Crippen LogP contribution is 2.33. The normalized spacial score (nSPS) is 19.0. The molecule has 21 heavy (non-hydrogen) atoms. The van der Waals surface area contributed by atoms with E-state index in [4.69, 9.17) is 0 Å².